The Morgan fingerprint density at radius 1 is 0.430 bits per heavy atom. The molecule has 0 aromatic heterocycles. The second-order valence-electron chi connectivity index (χ2n) is 21.3. The number of hydrogen-bond acceptors (Lipinski definition) is 11. The number of aliphatic carboxylic acids is 1. The number of aliphatic hydroxyl groups is 2. The fraction of sp³-hybridized carbons (Fsp3) is 0.731. The summed E-state index contributed by atoms with van der Waals surface area (Å²) < 4.78 is 28.4. The van der Waals surface area contributed by atoms with E-state index < -0.39 is 67.3 Å². The first-order valence-electron chi connectivity index (χ1n) is 31.6. The summed E-state index contributed by atoms with van der Waals surface area (Å²) in [5, 5.41) is 31.6. The van der Waals surface area contributed by atoms with Gasteiger partial charge in [0.1, 0.15) is 18.8 Å². The molecule has 452 valence electrons. The van der Waals surface area contributed by atoms with Crippen LogP contribution in [0.3, 0.4) is 0 Å². The predicted molar refractivity (Wildman–Crippen MR) is 321 cm³/mol. The maximum atomic E-state index is 13.1. The van der Waals surface area contributed by atoms with Crippen LogP contribution in [0.15, 0.2) is 85.1 Å². The Morgan fingerprint density at radius 2 is 0.797 bits per heavy atom. The summed E-state index contributed by atoms with van der Waals surface area (Å²) in [6, 6.07) is 0. The number of carbonyl (C=O) groups excluding carboxylic acids is 3. The van der Waals surface area contributed by atoms with E-state index >= 15 is 0 Å². The van der Waals surface area contributed by atoms with E-state index in [1.54, 1.807) is 0 Å². The molecule has 6 unspecified atom stereocenters. The second-order valence-corrected chi connectivity index (χ2v) is 21.3. The van der Waals surface area contributed by atoms with Crippen LogP contribution in [0, 0.1) is 0 Å². The van der Waals surface area contributed by atoms with Gasteiger partial charge in [-0.25, -0.2) is 4.79 Å². The van der Waals surface area contributed by atoms with E-state index in [-0.39, 0.29) is 25.9 Å². The largest absolute Gasteiger partial charge is 0.479 e. The number of rotatable bonds is 53. The fourth-order valence-electron chi connectivity index (χ4n) is 9.20. The number of carboxylic acid groups (broad SMARTS) is 1. The predicted octanol–water partition coefficient (Wildman–Crippen LogP) is 16.7. The third-order valence-corrected chi connectivity index (χ3v) is 14.0. The smallest absolute Gasteiger partial charge is 0.335 e. The summed E-state index contributed by atoms with van der Waals surface area (Å²) in [4.78, 5) is 51.2. The van der Waals surface area contributed by atoms with Crippen molar-refractivity contribution in [3.05, 3.63) is 85.1 Å². The lowest BCUT2D eigenvalue weighted by atomic mass is 9.98. The lowest BCUT2D eigenvalue weighted by Gasteiger charge is -2.40. The molecule has 12 nitrogen and oxygen atoms in total. The molecule has 1 heterocycles. The van der Waals surface area contributed by atoms with Gasteiger partial charge in [-0.2, -0.15) is 0 Å². The molecule has 79 heavy (non-hydrogen) atoms. The van der Waals surface area contributed by atoms with Crippen molar-refractivity contribution < 1.29 is 58.2 Å². The Balaban J connectivity index is 2.67. The van der Waals surface area contributed by atoms with Crippen molar-refractivity contribution in [1.82, 2.24) is 0 Å². The molecule has 0 saturated carbocycles. The zero-order valence-corrected chi connectivity index (χ0v) is 49.8. The van der Waals surface area contributed by atoms with Crippen molar-refractivity contribution >= 4 is 23.9 Å². The molecule has 0 aliphatic carbocycles. The maximum Gasteiger partial charge on any atom is 0.335 e. The molecule has 1 aliphatic heterocycles. The van der Waals surface area contributed by atoms with Crippen LogP contribution in [0.5, 0.6) is 0 Å². The summed E-state index contributed by atoms with van der Waals surface area (Å²) in [6.45, 7) is 5.74. The van der Waals surface area contributed by atoms with Crippen molar-refractivity contribution in [3.63, 3.8) is 0 Å². The van der Waals surface area contributed by atoms with E-state index in [9.17, 15) is 34.5 Å². The van der Waals surface area contributed by atoms with Gasteiger partial charge in [0.15, 0.2) is 24.6 Å². The molecule has 1 rings (SSSR count). The molecular formula is C67H112O12. The number of aliphatic hydroxyl groups excluding tert-OH is 2. The lowest BCUT2D eigenvalue weighted by Crippen LogP contribution is -2.61. The summed E-state index contributed by atoms with van der Waals surface area (Å²) >= 11 is 0. The van der Waals surface area contributed by atoms with Crippen molar-refractivity contribution in [2.45, 2.75) is 302 Å². The minimum absolute atomic E-state index is 0.0551. The molecule has 0 aromatic carbocycles. The fourth-order valence-corrected chi connectivity index (χ4v) is 9.20. The number of unbranched alkanes of at least 4 members (excludes halogenated alkanes) is 25. The van der Waals surface area contributed by atoms with Gasteiger partial charge in [-0.05, 0) is 89.9 Å². The zero-order chi connectivity index (χ0) is 57.5. The van der Waals surface area contributed by atoms with Crippen LogP contribution in [0.25, 0.3) is 0 Å². The lowest BCUT2D eigenvalue weighted by molar-refractivity contribution is -0.301. The minimum atomic E-state index is -1.91. The Hall–Kier alpha value is -4.10. The highest BCUT2D eigenvalue weighted by molar-refractivity contribution is 5.74. The topological polar surface area (TPSA) is 175 Å². The van der Waals surface area contributed by atoms with Crippen LogP contribution >= 0.6 is 0 Å². The van der Waals surface area contributed by atoms with Crippen molar-refractivity contribution in [3.8, 4) is 0 Å². The van der Waals surface area contributed by atoms with Crippen molar-refractivity contribution in [1.29, 1.82) is 0 Å². The van der Waals surface area contributed by atoms with Gasteiger partial charge in [0, 0.05) is 19.3 Å². The van der Waals surface area contributed by atoms with Crippen LogP contribution in [0.2, 0.25) is 0 Å². The van der Waals surface area contributed by atoms with Crippen LogP contribution in [0.4, 0.5) is 0 Å². The van der Waals surface area contributed by atoms with E-state index in [0.717, 1.165) is 116 Å². The summed E-state index contributed by atoms with van der Waals surface area (Å²) in [7, 11) is 0. The highest BCUT2D eigenvalue weighted by atomic mass is 16.7. The number of ether oxygens (including phenoxy) is 5. The maximum absolute atomic E-state index is 13.1. The standard InChI is InChI=1S/C67H112O12/c1-4-7-10-13-16-19-22-25-27-29-30-32-34-37-40-43-46-49-52-55-61(70)78-65-63(72)62(71)64(66(73)74)79-67(65)76-57-58(77-60(69)54-51-48-45-42-39-35-24-21-18-15-12-9-6-3)56-75-59(68)53-50-47-44-41-38-36-33-31-28-26-23-20-17-14-11-8-5-2/h8-9,11-12,17-18,20-21,26,28,33,35-36,39,58,62-65,67,71-72H,4-7,10,13-16,19,22-25,27,29-32,34,37-38,40-57H2,1-3H3,(H,73,74)/b11-8-,12-9-,20-17-,21-18-,28-26-,36-33-,39-35-. The van der Waals surface area contributed by atoms with E-state index in [2.05, 4.69) is 106 Å². The Morgan fingerprint density at radius 3 is 1.23 bits per heavy atom. The van der Waals surface area contributed by atoms with Gasteiger partial charge in [0.05, 0.1) is 6.61 Å². The first kappa shape index (κ1) is 72.9. The monoisotopic (exact) mass is 1110 g/mol. The molecule has 0 aromatic rings. The van der Waals surface area contributed by atoms with E-state index in [0.29, 0.717) is 19.3 Å². The van der Waals surface area contributed by atoms with E-state index in [4.69, 9.17) is 23.7 Å². The van der Waals surface area contributed by atoms with Crippen LogP contribution in [-0.4, -0.2) is 89.2 Å². The van der Waals surface area contributed by atoms with Crippen LogP contribution in [-0.2, 0) is 42.9 Å². The van der Waals surface area contributed by atoms with E-state index in [1.807, 2.05) is 0 Å². The van der Waals surface area contributed by atoms with Gasteiger partial charge in [-0.1, -0.05) is 241 Å². The molecule has 1 aliphatic rings. The summed E-state index contributed by atoms with van der Waals surface area (Å²) in [5.74, 6) is -3.18. The van der Waals surface area contributed by atoms with Gasteiger partial charge in [0.2, 0.25) is 0 Å². The highest BCUT2D eigenvalue weighted by Gasteiger charge is 2.50. The van der Waals surface area contributed by atoms with Gasteiger partial charge < -0.3 is 39.0 Å². The second kappa shape index (κ2) is 54.5. The average molecular weight is 1110 g/mol. The third kappa shape index (κ3) is 44.3. The molecule has 1 fully saturated rings. The number of hydrogen-bond donors (Lipinski definition) is 3. The van der Waals surface area contributed by atoms with Gasteiger partial charge in [-0.15, -0.1) is 0 Å². The summed E-state index contributed by atoms with van der Waals surface area (Å²) in [5.41, 5.74) is 0. The SMILES string of the molecule is CC/C=C\C/C=C\C/C=C\C/C=C\CCCCCCC(=O)OCC(COC1OC(C(=O)O)C(O)C(O)C1OC(=O)CCCCCCCCCCCCCCCCCCCCC)OC(=O)CCCCC/C=C\C/C=C\C/C=C\CC. The quantitative estimate of drug-likeness (QED) is 0.0228. The first-order chi connectivity index (χ1) is 38.6. The molecular weight excluding hydrogens is 997 g/mol. The van der Waals surface area contributed by atoms with Gasteiger partial charge in [-0.3, -0.25) is 14.4 Å². The number of allylic oxidation sites excluding steroid dienone is 14. The first-order valence-corrected chi connectivity index (χ1v) is 31.6. The van der Waals surface area contributed by atoms with Gasteiger partial charge in [0.25, 0.3) is 0 Å². The third-order valence-electron chi connectivity index (χ3n) is 14.0. The number of esters is 3. The number of carboxylic acids is 1. The molecule has 1 saturated heterocycles. The average Bonchev–Trinajstić information content (AvgIpc) is 3.47. The molecule has 0 amide bonds. The molecule has 0 radical (unpaired) electrons. The number of carbonyl (C=O) groups is 4. The molecule has 0 spiro atoms. The minimum Gasteiger partial charge on any atom is -0.479 e. The van der Waals surface area contributed by atoms with Crippen molar-refractivity contribution in [2.75, 3.05) is 13.2 Å². The molecule has 12 heteroatoms. The Kier molecular flexibility index (Phi) is 50.3. The van der Waals surface area contributed by atoms with Crippen LogP contribution < -0.4 is 0 Å². The highest BCUT2D eigenvalue weighted by Crippen LogP contribution is 2.26. The van der Waals surface area contributed by atoms with Crippen LogP contribution in [0.1, 0.15) is 265 Å². The van der Waals surface area contributed by atoms with Crippen molar-refractivity contribution in [2.24, 2.45) is 0 Å². The zero-order valence-electron chi connectivity index (χ0n) is 49.8. The molecule has 0 bridgehead atoms. The normalized spacial score (nSPS) is 18.4. The Labute approximate surface area is 480 Å². The molecule has 3 N–H and O–H groups in total. The molecule has 6 atom stereocenters. The Bertz CT molecular complexity index is 1700. The van der Waals surface area contributed by atoms with E-state index in [1.165, 1.54) is 89.9 Å². The van der Waals surface area contributed by atoms with Gasteiger partial charge >= 0.3 is 23.9 Å². The summed E-state index contributed by atoms with van der Waals surface area (Å²) in [6.07, 6.45) is 58.4.